The van der Waals surface area contributed by atoms with Gasteiger partial charge in [0, 0.05) is 17.8 Å². The standard InChI is InChI=1S/C20H24N2O2/c1-24-19-10-8-17(9-11-19)20(23)21-18-7-5-6-16(14-18)15-22-12-3-2-4-13-22/h5-11,14H,2-4,12-13,15H2,1H3,(H,21,23). The molecule has 1 saturated heterocycles. The zero-order valence-electron chi connectivity index (χ0n) is 14.1. The van der Waals surface area contributed by atoms with Crippen LogP contribution in [0.15, 0.2) is 48.5 Å². The van der Waals surface area contributed by atoms with Crippen LogP contribution >= 0.6 is 0 Å². The van der Waals surface area contributed by atoms with Gasteiger partial charge in [0.05, 0.1) is 7.11 Å². The van der Waals surface area contributed by atoms with Crippen LogP contribution in [0.4, 0.5) is 5.69 Å². The van der Waals surface area contributed by atoms with Crippen LogP contribution in [-0.2, 0) is 6.54 Å². The molecule has 4 heteroatoms. The predicted octanol–water partition coefficient (Wildman–Crippen LogP) is 3.93. The first-order valence-corrected chi connectivity index (χ1v) is 8.51. The van der Waals surface area contributed by atoms with E-state index in [1.165, 1.54) is 37.9 Å². The molecule has 1 fully saturated rings. The van der Waals surface area contributed by atoms with Gasteiger partial charge in [0.1, 0.15) is 5.75 Å². The Morgan fingerprint density at radius 2 is 1.83 bits per heavy atom. The summed E-state index contributed by atoms with van der Waals surface area (Å²) in [6.07, 6.45) is 3.91. The SMILES string of the molecule is COc1ccc(C(=O)Nc2cccc(CN3CCCCC3)c2)cc1. The molecular weight excluding hydrogens is 300 g/mol. The Bertz CT molecular complexity index is 676. The summed E-state index contributed by atoms with van der Waals surface area (Å²) in [4.78, 5) is 14.8. The summed E-state index contributed by atoms with van der Waals surface area (Å²) in [5.41, 5.74) is 2.70. The summed E-state index contributed by atoms with van der Waals surface area (Å²) in [5, 5.41) is 2.98. The van der Waals surface area contributed by atoms with Crippen molar-refractivity contribution in [2.24, 2.45) is 0 Å². The van der Waals surface area contributed by atoms with Crippen molar-refractivity contribution in [1.82, 2.24) is 4.90 Å². The topological polar surface area (TPSA) is 41.6 Å². The van der Waals surface area contributed by atoms with Crippen LogP contribution < -0.4 is 10.1 Å². The van der Waals surface area contributed by atoms with E-state index < -0.39 is 0 Å². The van der Waals surface area contributed by atoms with Gasteiger partial charge in [0.25, 0.3) is 5.91 Å². The number of rotatable bonds is 5. The van der Waals surface area contributed by atoms with Gasteiger partial charge in [0.15, 0.2) is 0 Å². The Hall–Kier alpha value is -2.33. The largest absolute Gasteiger partial charge is 0.497 e. The van der Waals surface area contributed by atoms with Gasteiger partial charge in [-0.05, 0) is 67.9 Å². The van der Waals surface area contributed by atoms with Gasteiger partial charge in [-0.1, -0.05) is 18.6 Å². The summed E-state index contributed by atoms with van der Waals surface area (Å²) in [6, 6.07) is 15.2. The Morgan fingerprint density at radius 1 is 1.08 bits per heavy atom. The number of nitrogens with zero attached hydrogens (tertiary/aromatic N) is 1. The minimum atomic E-state index is -0.104. The van der Waals surface area contributed by atoms with Crippen LogP contribution in [0.25, 0.3) is 0 Å². The summed E-state index contributed by atoms with van der Waals surface area (Å²) in [6.45, 7) is 3.29. The number of hydrogen-bond acceptors (Lipinski definition) is 3. The van der Waals surface area contributed by atoms with Gasteiger partial charge < -0.3 is 10.1 Å². The van der Waals surface area contributed by atoms with Crippen LogP contribution in [0.3, 0.4) is 0 Å². The molecule has 0 saturated carbocycles. The first kappa shape index (κ1) is 16.5. The molecule has 0 radical (unpaired) electrons. The molecule has 0 spiro atoms. The molecule has 1 N–H and O–H groups in total. The molecule has 3 rings (SSSR count). The number of benzene rings is 2. The van der Waals surface area contributed by atoms with E-state index in [4.69, 9.17) is 4.74 Å². The number of hydrogen-bond donors (Lipinski definition) is 1. The van der Waals surface area contributed by atoms with E-state index in [0.717, 1.165) is 18.0 Å². The van der Waals surface area contributed by atoms with Crippen molar-refractivity contribution >= 4 is 11.6 Å². The summed E-state index contributed by atoms with van der Waals surface area (Å²) in [7, 11) is 1.61. The Labute approximate surface area is 143 Å². The van der Waals surface area contributed by atoms with Gasteiger partial charge in [-0.2, -0.15) is 0 Å². The van der Waals surface area contributed by atoms with E-state index in [2.05, 4.69) is 22.3 Å². The predicted molar refractivity (Wildman–Crippen MR) is 96.5 cm³/mol. The lowest BCUT2D eigenvalue weighted by Gasteiger charge is -2.26. The highest BCUT2D eigenvalue weighted by molar-refractivity contribution is 6.04. The van der Waals surface area contributed by atoms with Crippen LogP contribution in [0.1, 0.15) is 35.2 Å². The van der Waals surface area contributed by atoms with Crippen molar-refractivity contribution in [3.05, 3.63) is 59.7 Å². The van der Waals surface area contributed by atoms with E-state index in [1.54, 1.807) is 31.4 Å². The van der Waals surface area contributed by atoms with Crippen LogP contribution in [-0.4, -0.2) is 31.0 Å². The minimum Gasteiger partial charge on any atom is -0.497 e. The zero-order valence-corrected chi connectivity index (χ0v) is 14.1. The lowest BCUT2D eigenvalue weighted by atomic mass is 10.1. The molecule has 1 aliphatic rings. The Morgan fingerprint density at radius 3 is 2.54 bits per heavy atom. The molecule has 1 aliphatic heterocycles. The molecule has 0 bridgehead atoms. The number of anilines is 1. The van der Waals surface area contributed by atoms with E-state index in [0.29, 0.717) is 5.56 Å². The molecular formula is C20H24N2O2. The van der Waals surface area contributed by atoms with Gasteiger partial charge in [-0.25, -0.2) is 0 Å². The molecule has 1 heterocycles. The molecule has 2 aromatic carbocycles. The molecule has 4 nitrogen and oxygen atoms in total. The number of methoxy groups -OCH3 is 1. The molecule has 0 unspecified atom stereocenters. The molecule has 1 amide bonds. The van der Waals surface area contributed by atoms with Gasteiger partial charge in [-0.3, -0.25) is 9.69 Å². The number of nitrogens with one attached hydrogen (secondary N) is 1. The highest BCUT2D eigenvalue weighted by atomic mass is 16.5. The second-order valence-electron chi connectivity index (χ2n) is 6.22. The number of ether oxygens (including phenoxy) is 1. The average molecular weight is 324 g/mol. The first-order valence-electron chi connectivity index (χ1n) is 8.51. The van der Waals surface area contributed by atoms with Gasteiger partial charge in [-0.15, -0.1) is 0 Å². The molecule has 0 aliphatic carbocycles. The third kappa shape index (κ3) is 4.36. The number of carbonyl (C=O) groups excluding carboxylic acids is 1. The van der Waals surface area contributed by atoms with Crippen molar-refractivity contribution in [3.8, 4) is 5.75 Å². The normalized spacial score (nSPS) is 15.0. The number of carbonyl (C=O) groups is 1. The molecule has 126 valence electrons. The maximum absolute atomic E-state index is 12.4. The van der Waals surface area contributed by atoms with E-state index in [1.807, 2.05) is 12.1 Å². The first-order chi connectivity index (χ1) is 11.7. The fourth-order valence-electron chi connectivity index (χ4n) is 3.07. The third-order valence-electron chi connectivity index (χ3n) is 4.39. The number of likely N-dealkylation sites (tertiary alicyclic amines) is 1. The lowest BCUT2D eigenvalue weighted by molar-refractivity contribution is 0.102. The summed E-state index contributed by atoms with van der Waals surface area (Å²) >= 11 is 0. The number of piperidine rings is 1. The van der Waals surface area contributed by atoms with Crippen molar-refractivity contribution < 1.29 is 9.53 Å². The molecule has 24 heavy (non-hydrogen) atoms. The Balaban J connectivity index is 1.63. The molecule has 0 atom stereocenters. The van der Waals surface area contributed by atoms with Crippen LogP contribution in [0, 0.1) is 0 Å². The van der Waals surface area contributed by atoms with Crippen LogP contribution in [0.5, 0.6) is 5.75 Å². The van der Waals surface area contributed by atoms with E-state index in [9.17, 15) is 4.79 Å². The summed E-state index contributed by atoms with van der Waals surface area (Å²) < 4.78 is 5.12. The second-order valence-corrected chi connectivity index (χ2v) is 6.22. The number of amides is 1. The van der Waals surface area contributed by atoms with Gasteiger partial charge >= 0.3 is 0 Å². The summed E-state index contributed by atoms with van der Waals surface area (Å²) in [5.74, 6) is 0.642. The monoisotopic (exact) mass is 324 g/mol. The maximum atomic E-state index is 12.4. The van der Waals surface area contributed by atoms with Crippen LogP contribution in [0.2, 0.25) is 0 Å². The minimum absolute atomic E-state index is 0.104. The average Bonchev–Trinajstić information content (AvgIpc) is 2.63. The molecule has 2 aromatic rings. The second kappa shape index (κ2) is 7.97. The quantitative estimate of drug-likeness (QED) is 0.906. The van der Waals surface area contributed by atoms with Crippen molar-refractivity contribution in [2.45, 2.75) is 25.8 Å². The zero-order chi connectivity index (χ0) is 16.8. The molecule has 0 aromatic heterocycles. The smallest absolute Gasteiger partial charge is 0.255 e. The maximum Gasteiger partial charge on any atom is 0.255 e. The van der Waals surface area contributed by atoms with E-state index >= 15 is 0 Å². The van der Waals surface area contributed by atoms with E-state index in [-0.39, 0.29) is 5.91 Å². The third-order valence-corrected chi connectivity index (χ3v) is 4.39. The van der Waals surface area contributed by atoms with Crippen molar-refractivity contribution in [3.63, 3.8) is 0 Å². The van der Waals surface area contributed by atoms with Crippen molar-refractivity contribution in [1.29, 1.82) is 0 Å². The Kier molecular flexibility index (Phi) is 5.49. The fourth-order valence-corrected chi connectivity index (χ4v) is 3.07. The van der Waals surface area contributed by atoms with Gasteiger partial charge in [0.2, 0.25) is 0 Å². The fraction of sp³-hybridized carbons (Fsp3) is 0.350. The van der Waals surface area contributed by atoms with Crippen molar-refractivity contribution in [2.75, 3.05) is 25.5 Å². The highest BCUT2D eigenvalue weighted by Gasteiger charge is 2.11. The lowest BCUT2D eigenvalue weighted by Crippen LogP contribution is -2.29. The highest BCUT2D eigenvalue weighted by Crippen LogP contribution is 2.17.